The number of nitrogens with one attached hydrogen (secondary N) is 1. The van der Waals surface area contributed by atoms with E-state index >= 15 is 0 Å². The minimum absolute atomic E-state index is 0.687. The molecule has 1 atom stereocenters. The summed E-state index contributed by atoms with van der Waals surface area (Å²) in [4.78, 5) is 0. The number of thiophene rings is 1. The Bertz CT molecular complexity index is 246. The average Bonchev–Trinajstić information content (AvgIpc) is 2.79. The molecule has 16 heavy (non-hydrogen) atoms. The molecule has 0 aromatic carbocycles. The molecular formula is C13H23NS2. The van der Waals surface area contributed by atoms with Crippen molar-refractivity contribution in [1.29, 1.82) is 0 Å². The quantitative estimate of drug-likeness (QED) is 0.520. The molecule has 0 saturated heterocycles. The topological polar surface area (TPSA) is 12.0 Å². The van der Waals surface area contributed by atoms with Gasteiger partial charge in [0.2, 0.25) is 0 Å². The molecule has 0 aliphatic rings. The van der Waals surface area contributed by atoms with Crippen molar-refractivity contribution in [1.82, 2.24) is 5.32 Å². The summed E-state index contributed by atoms with van der Waals surface area (Å²) in [6, 6.07) is 5.02. The fraction of sp³-hybridized carbons (Fsp3) is 0.692. The lowest BCUT2D eigenvalue weighted by atomic mass is 10.1. The molecule has 0 saturated carbocycles. The molecule has 0 radical (unpaired) electrons. The van der Waals surface area contributed by atoms with Gasteiger partial charge in [-0.25, -0.2) is 0 Å². The van der Waals surface area contributed by atoms with Gasteiger partial charge in [-0.15, -0.1) is 23.1 Å². The summed E-state index contributed by atoms with van der Waals surface area (Å²) < 4.78 is 1.46. The maximum absolute atomic E-state index is 3.53. The van der Waals surface area contributed by atoms with E-state index < -0.39 is 0 Å². The molecule has 0 fully saturated rings. The number of rotatable bonds is 9. The van der Waals surface area contributed by atoms with Crippen LogP contribution in [-0.2, 0) is 0 Å². The van der Waals surface area contributed by atoms with E-state index in [1.54, 1.807) is 0 Å². The third-order valence-corrected chi connectivity index (χ3v) is 4.73. The standard InChI is InChI=1S/C13H23NS2/c1-3-9-14-12(2)7-4-5-10-15-13-8-6-11-16-13/h6,8,11-12,14H,3-5,7,9-10H2,1-2H3. The van der Waals surface area contributed by atoms with Crippen LogP contribution >= 0.6 is 23.1 Å². The van der Waals surface area contributed by atoms with Crippen LogP contribution in [-0.4, -0.2) is 18.3 Å². The van der Waals surface area contributed by atoms with Gasteiger partial charge in [0.25, 0.3) is 0 Å². The molecule has 1 rings (SSSR count). The highest BCUT2D eigenvalue weighted by Crippen LogP contribution is 2.24. The molecule has 0 bridgehead atoms. The molecule has 1 heterocycles. The third-order valence-electron chi connectivity index (χ3n) is 2.51. The summed E-state index contributed by atoms with van der Waals surface area (Å²) >= 11 is 3.84. The minimum Gasteiger partial charge on any atom is -0.314 e. The summed E-state index contributed by atoms with van der Waals surface area (Å²) in [5, 5.41) is 5.68. The van der Waals surface area contributed by atoms with Crippen LogP contribution in [0.4, 0.5) is 0 Å². The molecule has 1 nitrogen and oxygen atoms in total. The first-order valence-electron chi connectivity index (χ1n) is 6.22. The predicted molar refractivity (Wildman–Crippen MR) is 76.6 cm³/mol. The van der Waals surface area contributed by atoms with Crippen molar-refractivity contribution in [2.75, 3.05) is 12.3 Å². The predicted octanol–water partition coefficient (Wildman–Crippen LogP) is 4.40. The molecule has 1 aromatic heterocycles. The first kappa shape index (κ1) is 14.1. The van der Waals surface area contributed by atoms with Crippen molar-refractivity contribution in [2.24, 2.45) is 0 Å². The molecule has 1 aromatic rings. The first-order valence-corrected chi connectivity index (χ1v) is 8.09. The van der Waals surface area contributed by atoms with Crippen LogP contribution in [0.2, 0.25) is 0 Å². The van der Waals surface area contributed by atoms with Crippen molar-refractivity contribution in [2.45, 2.75) is 49.8 Å². The maximum Gasteiger partial charge on any atom is 0.0598 e. The van der Waals surface area contributed by atoms with Crippen LogP contribution in [0.5, 0.6) is 0 Å². The van der Waals surface area contributed by atoms with Gasteiger partial charge in [-0.3, -0.25) is 0 Å². The number of thioether (sulfide) groups is 1. The smallest absolute Gasteiger partial charge is 0.0598 e. The number of hydrogen-bond donors (Lipinski definition) is 1. The van der Waals surface area contributed by atoms with Crippen LogP contribution in [0.3, 0.4) is 0 Å². The normalized spacial score (nSPS) is 12.9. The van der Waals surface area contributed by atoms with Gasteiger partial charge in [0, 0.05) is 6.04 Å². The Labute approximate surface area is 108 Å². The van der Waals surface area contributed by atoms with Gasteiger partial charge >= 0.3 is 0 Å². The Morgan fingerprint density at radius 2 is 2.31 bits per heavy atom. The van der Waals surface area contributed by atoms with Crippen LogP contribution < -0.4 is 5.32 Å². The van der Waals surface area contributed by atoms with Crippen molar-refractivity contribution in [3.8, 4) is 0 Å². The zero-order chi connectivity index (χ0) is 11.6. The van der Waals surface area contributed by atoms with Gasteiger partial charge in [-0.1, -0.05) is 19.4 Å². The van der Waals surface area contributed by atoms with Gasteiger partial charge in [-0.05, 0) is 49.9 Å². The Morgan fingerprint density at radius 1 is 1.44 bits per heavy atom. The van der Waals surface area contributed by atoms with Crippen LogP contribution in [0.1, 0.15) is 39.5 Å². The average molecular weight is 257 g/mol. The molecule has 0 aliphatic heterocycles. The first-order chi connectivity index (χ1) is 7.83. The summed E-state index contributed by atoms with van der Waals surface area (Å²) in [7, 11) is 0. The maximum atomic E-state index is 3.53. The monoisotopic (exact) mass is 257 g/mol. The second-order valence-electron chi connectivity index (χ2n) is 4.13. The van der Waals surface area contributed by atoms with E-state index in [-0.39, 0.29) is 0 Å². The van der Waals surface area contributed by atoms with Gasteiger partial charge < -0.3 is 5.32 Å². The van der Waals surface area contributed by atoms with Crippen LogP contribution in [0, 0.1) is 0 Å². The lowest BCUT2D eigenvalue weighted by molar-refractivity contribution is 0.496. The van der Waals surface area contributed by atoms with E-state index in [0.717, 1.165) is 6.54 Å². The van der Waals surface area contributed by atoms with E-state index in [0.29, 0.717) is 6.04 Å². The van der Waals surface area contributed by atoms with E-state index in [1.165, 1.54) is 35.6 Å². The molecule has 3 heteroatoms. The van der Waals surface area contributed by atoms with E-state index in [4.69, 9.17) is 0 Å². The highest BCUT2D eigenvalue weighted by Gasteiger charge is 2.00. The zero-order valence-corrected chi connectivity index (χ0v) is 12.0. The van der Waals surface area contributed by atoms with Crippen LogP contribution in [0.15, 0.2) is 21.7 Å². The number of unbranched alkanes of at least 4 members (excludes halogenated alkanes) is 1. The lowest BCUT2D eigenvalue weighted by Crippen LogP contribution is -2.26. The SMILES string of the molecule is CCCNC(C)CCCCSc1cccs1. The largest absolute Gasteiger partial charge is 0.314 e. The second kappa shape index (κ2) is 9.08. The molecule has 1 unspecified atom stereocenters. The van der Waals surface area contributed by atoms with Gasteiger partial charge in [0.05, 0.1) is 4.21 Å². The summed E-state index contributed by atoms with van der Waals surface area (Å²) in [5.74, 6) is 1.26. The van der Waals surface area contributed by atoms with E-state index in [2.05, 4.69) is 36.7 Å². The van der Waals surface area contributed by atoms with E-state index in [1.807, 2.05) is 23.1 Å². The fourth-order valence-corrected chi connectivity index (χ4v) is 3.43. The van der Waals surface area contributed by atoms with Crippen LogP contribution in [0.25, 0.3) is 0 Å². The summed E-state index contributed by atoms with van der Waals surface area (Å²) in [5.41, 5.74) is 0. The second-order valence-corrected chi connectivity index (χ2v) is 6.47. The van der Waals surface area contributed by atoms with Gasteiger partial charge in [-0.2, -0.15) is 0 Å². The number of hydrogen-bond acceptors (Lipinski definition) is 3. The lowest BCUT2D eigenvalue weighted by Gasteiger charge is -2.12. The zero-order valence-electron chi connectivity index (χ0n) is 10.4. The molecule has 92 valence electrons. The Balaban J connectivity index is 1.91. The third kappa shape index (κ3) is 6.56. The van der Waals surface area contributed by atoms with Crippen molar-refractivity contribution in [3.05, 3.63) is 17.5 Å². The molecule has 1 N–H and O–H groups in total. The van der Waals surface area contributed by atoms with Crippen molar-refractivity contribution >= 4 is 23.1 Å². The Morgan fingerprint density at radius 3 is 3.00 bits per heavy atom. The Kier molecular flexibility index (Phi) is 7.99. The van der Waals surface area contributed by atoms with Gasteiger partial charge in [0.1, 0.15) is 0 Å². The highest BCUT2D eigenvalue weighted by molar-refractivity contribution is 8.01. The van der Waals surface area contributed by atoms with Gasteiger partial charge in [0.15, 0.2) is 0 Å². The highest BCUT2D eigenvalue weighted by atomic mass is 32.2. The summed E-state index contributed by atoms with van der Waals surface area (Å²) in [6.07, 6.45) is 5.22. The molecule has 0 aliphatic carbocycles. The van der Waals surface area contributed by atoms with Crippen molar-refractivity contribution < 1.29 is 0 Å². The Hall–Kier alpha value is 0.01000. The van der Waals surface area contributed by atoms with E-state index in [9.17, 15) is 0 Å². The molecule has 0 amide bonds. The summed E-state index contributed by atoms with van der Waals surface area (Å²) in [6.45, 7) is 5.67. The molecule has 0 spiro atoms. The van der Waals surface area contributed by atoms with Crippen molar-refractivity contribution in [3.63, 3.8) is 0 Å². The minimum atomic E-state index is 0.687. The molecular weight excluding hydrogens is 234 g/mol. The fourth-order valence-electron chi connectivity index (χ4n) is 1.56.